The molecule has 0 aromatic heterocycles. The Labute approximate surface area is 99.8 Å². The molecule has 1 rings (SSSR count). The molecule has 1 heterocycles. The molecule has 1 fully saturated rings. The van der Waals surface area contributed by atoms with Crippen molar-refractivity contribution in [3.05, 3.63) is 0 Å². The minimum atomic E-state index is -3.44. The quantitative estimate of drug-likeness (QED) is 0.564. The van der Waals surface area contributed by atoms with Crippen LogP contribution in [0.5, 0.6) is 0 Å². The third-order valence-electron chi connectivity index (χ3n) is 2.61. The van der Waals surface area contributed by atoms with Crippen LogP contribution < -0.4 is 4.72 Å². The Bertz CT molecular complexity index is 348. The average Bonchev–Trinajstić information content (AvgIpc) is 2.29. The summed E-state index contributed by atoms with van der Waals surface area (Å²) < 4.78 is 30.8. The van der Waals surface area contributed by atoms with Crippen molar-refractivity contribution in [2.24, 2.45) is 0 Å². The SMILES string of the molecule is O=C(O)[C@@H](O)CCNS(=O)(=O)C1CCOCC1. The van der Waals surface area contributed by atoms with E-state index in [0.717, 1.165) is 0 Å². The number of aliphatic hydroxyl groups excluding tert-OH is 1. The monoisotopic (exact) mass is 267 g/mol. The Morgan fingerprint density at radius 3 is 2.53 bits per heavy atom. The number of carboxylic acid groups (broad SMARTS) is 1. The fourth-order valence-corrected chi connectivity index (χ4v) is 3.02. The first-order valence-corrected chi connectivity index (χ1v) is 6.95. The number of hydrogen-bond donors (Lipinski definition) is 3. The zero-order valence-corrected chi connectivity index (χ0v) is 10.1. The fourth-order valence-electron chi connectivity index (χ4n) is 1.57. The van der Waals surface area contributed by atoms with Crippen molar-refractivity contribution in [2.45, 2.75) is 30.6 Å². The molecule has 0 aromatic carbocycles. The first-order chi connectivity index (χ1) is 7.93. The average molecular weight is 267 g/mol. The van der Waals surface area contributed by atoms with Gasteiger partial charge in [0.15, 0.2) is 6.10 Å². The van der Waals surface area contributed by atoms with E-state index < -0.39 is 27.3 Å². The topological polar surface area (TPSA) is 113 Å². The van der Waals surface area contributed by atoms with E-state index in [4.69, 9.17) is 14.9 Å². The van der Waals surface area contributed by atoms with Gasteiger partial charge in [-0.1, -0.05) is 0 Å². The summed E-state index contributed by atoms with van der Waals surface area (Å²) in [4.78, 5) is 10.3. The smallest absolute Gasteiger partial charge is 0.332 e. The summed E-state index contributed by atoms with van der Waals surface area (Å²) in [5.41, 5.74) is 0. The Balaban J connectivity index is 2.36. The van der Waals surface area contributed by atoms with Gasteiger partial charge in [0.25, 0.3) is 0 Å². The molecule has 0 bridgehead atoms. The predicted octanol–water partition coefficient (Wildman–Crippen LogP) is -1.08. The second-order valence-corrected chi connectivity index (χ2v) is 5.94. The predicted molar refractivity (Wildman–Crippen MR) is 59.0 cm³/mol. The molecule has 1 aliphatic heterocycles. The highest BCUT2D eigenvalue weighted by molar-refractivity contribution is 7.90. The molecule has 0 spiro atoms. The normalized spacial score (nSPS) is 20.1. The number of carbonyl (C=O) groups is 1. The highest BCUT2D eigenvalue weighted by Gasteiger charge is 2.27. The Morgan fingerprint density at radius 1 is 1.41 bits per heavy atom. The van der Waals surface area contributed by atoms with Crippen molar-refractivity contribution in [3.63, 3.8) is 0 Å². The first kappa shape index (κ1) is 14.4. The van der Waals surface area contributed by atoms with Gasteiger partial charge in [0.05, 0.1) is 5.25 Å². The van der Waals surface area contributed by atoms with Gasteiger partial charge >= 0.3 is 5.97 Å². The molecule has 100 valence electrons. The van der Waals surface area contributed by atoms with Crippen LogP contribution in [0, 0.1) is 0 Å². The van der Waals surface area contributed by atoms with Crippen molar-refractivity contribution in [1.29, 1.82) is 0 Å². The lowest BCUT2D eigenvalue weighted by molar-refractivity contribution is -0.146. The third kappa shape index (κ3) is 4.58. The molecular formula is C9H17NO6S. The van der Waals surface area contributed by atoms with E-state index in [2.05, 4.69) is 4.72 Å². The molecule has 0 amide bonds. The van der Waals surface area contributed by atoms with Crippen molar-refractivity contribution in [2.75, 3.05) is 19.8 Å². The van der Waals surface area contributed by atoms with Crippen molar-refractivity contribution >= 4 is 16.0 Å². The fraction of sp³-hybridized carbons (Fsp3) is 0.889. The van der Waals surface area contributed by atoms with Crippen molar-refractivity contribution < 1.29 is 28.2 Å². The van der Waals surface area contributed by atoms with E-state index in [1.807, 2.05) is 0 Å². The number of carboxylic acids is 1. The Kier molecular flexibility index (Phi) is 5.31. The Hall–Kier alpha value is -0.700. The summed E-state index contributed by atoms with van der Waals surface area (Å²) in [6.45, 7) is 0.764. The van der Waals surface area contributed by atoms with Gasteiger partial charge in [0, 0.05) is 19.8 Å². The largest absolute Gasteiger partial charge is 0.479 e. The van der Waals surface area contributed by atoms with Gasteiger partial charge in [-0.15, -0.1) is 0 Å². The standard InChI is InChI=1S/C9H17NO6S/c11-8(9(12)13)1-4-10-17(14,15)7-2-5-16-6-3-7/h7-8,10-11H,1-6H2,(H,12,13)/t8-/m0/s1. The summed E-state index contributed by atoms with van der Waals surface area (Å²) in [5, 5.41) is 16.9. The minimum Gasteiger partial charge on any atom is -0.479 e. The van der Waals surface area contributed by atoms with Gasteiger partial charge in [-0.05, 0) is 19.3 Å². The molecule has 3 N–H and O–H groups in total. The molecule has 0 saturated carbocycles. The van der Waals surface area contributed by atoms with Gasteiger partial charge in [-0.2, -0.15) is 0 Å². The lowest BCUT2D eigenvalue weighted by Crippen LogP contribution is -2.39. The number of sulfonamides is 1. The number of ether oxygens (including phenoxy) is 1. The van der Waals surface area contributed by atoms with Gasteiger partial charge in [0.2, 0.25) is 10.0 Å². The van der Waals surface area contributed by atoms with E-state index in [-0.39, 0.29) is 13.0 Å². The lowest BCUT2D eigenvalue weighted by Gasteiger charge is -2.22. The second kappa shape index (κ2) is 6.29. The Morgan fingerprint density at radius 2 is 2.00 bits per heavy atom. The molecule has 8 heteroatoms. The lowest BCUT2D eigenvalue weighted by atomic mass is 10.2. The van der Waals surface area contributed by atoms with Crippen molar-refractivity contribution in [3.8, 4) is 0 Å². The number of nitrogens with one attached hydrogen (secondary N) is 1. The number of rotatable bonds is 6. The summed E-state index contributed by atoms with van der Waals surface area (Å²) in [5.74, 6) is -1.35. The molecule has 0 radical (unpaired) electrons. The molecule has 0 aliphatic carbocycles. The summed E-state index contributed by atoms with van der Waals surface area (Å²) >= 11 is 0. The van der Waals surface area contributed by atoms with E-state index in [9.17, 15) is 13.2 Å². The van der Waals surface area contributed by atoms with Gasteiger partial charge in [-0.25, -0.2) is 17.9 Å². The van der Waals surface area contributed by atoms with Crippen LogP contribution in [-0.4, -0.2) is 55.7 Å². The van der Waals surface area contributed by atoms with Crippen LogP contribution in [0.15, 0.2) is 0 Å². The van der Waals surface area contributed by atoms with E-state index in [1.165, 1.54) is 0 Å². The second-order valence-electron chi connectivity index (χ2n) is 3.89. The zero-order chi connectivity index (χ0) is 12.9. The highest BCUT2D eigenvalue weighted by atomic mass is 32.2. The van der Waals surface area contributed by atoms with Crippen LogP contribution in [0.25, 0.3) is 0 Å². The van der Waals surface area contributed by atoms with Gasteiger partial charge in [-0.3, -0.25) is 0 Å². The van der Waals surface area contributed by atoms with E-state index in [0.29, 0.717) is 26.1 Å². The zero-order valence-electron chi connectivity index (χ0n) is 9.33. The third-order valence-corrected chi connectivity index (χ3v) is 4.57. The number of hydrogen-bond acceptors (Lipinski definition) is 5. The highest BCUT2D eigenvalue weighted by Crippen LogP contribution is 2.14. The van der Waals surface area contributed by atoms with Crippen LogP contribution in [0.4, 0.5) is 0 Å². The molecule has 0 unspecified atom stereocenters. The molecule has 1 aliphatic rings. The summed E-state index contributed by atoms with van der Waals surface area (Å²) in [6.07, 6.45) is -0.793. The maximum absolute atomic E-state index is 11.7. The van der Waals surface area contributed by atoms with Crippen LogP contribution in [0.2, 0.25) is 0 Å². The molecular weight excluding hydrogens is 250 g/mol. The van der Waals surface area contributed by atoms with Crippen LogP contribution in [0.3, 0.4) is 0 Å². The van der Waals surface area contributed by atoms with E-state index >= 15 is 0 Å². The van der Waals surface area contributed by atoms with Crippen molar-refractivity contribution in [1.82, 2.24) is 4.72 Å². The van der Waals surface area contributed by atoms with Gasteiger partial charge < -0.3 is 14.9 Å². The molecule has 1 atom stereocenters. The minimum absolute atomic E-state index is 0.0762. The molecule has 7 nitrogen and oxygen atoms in total. The first-order valence-electron chi connectivity index (χ1n) is 5.40. The summed E-state index contributed by atoms with van der Waals surface area (Å²) in [6, 6.07) is 0. The molecule has 1 saturated heterocycles. The molecule has 17 heavy (non-hydrogen) atoms. The molecule has 0 aromatic rings. The van der Waals surface area contributed by atoms with Crippen LogP contribution in [0.1, 0.15) is 19.3 Å². The summed E-state index contributed by atoms with van der Waals surface area (Å²) in [7, 11) is -3.44. The van der Waals surface area contributed by atoms with E-state index in [1.54, 1.807) is 0 Å². The maximum atomic E-state index is 11.7. The number of aliphatic hydroxyl groups is 1. The maximum Gasteiger partial charge on any atom is 0.332 e. The van der Waals surface area contributed by atoms with Gasteiger partial charge in [0.1, 0.15) is 0 Å². The number of aliphatic carboxylic acids is 1. The van der Waals surface area contributed by atoms with Crippen LogP contribution in [-0.2, 0) is 19.6 Å². The van der Waals surface area contributed by atoms with Crippen LogP contribution >= 0.6 is 0 Å².